The number of fused-ring (bicyclic) bond motifs is 1. The monoisotopic (exact) mass is 355 g/mol. The lowest BCUT2D eigenvalue weighted by molar-refractivity contribution is 0.0687. The molecule has 2 aromatic rings. The Hall–Kier alpha value is -2.18. The predicted octanol–water partition coefficient (Wildman–Crippen LogP) is 2.84. The zero-order valence-corrected chi connectivity index (χ0v) is 15.4. The Kier molecular flexibility index (Phi) is 4.78. The molecule has 2 aliphatic rings. The van der Waals surface area contributed by atoms with E-state index in [0.717, 1.165) is 67.3 Å². The minimum absolute atomic E-state index is 0.166. The highest BCUT2D eigenvalue weighted by Gasteiger charge is 2.24. The van der Waals surface area contributed by atoms with Crippen LogP contribution in [0.3, 0.4) is 0 Å². The fourth-order valence-electron chi connectivity index (χ4n) is 3.73. The molecule has 0 saturated carbocycles. The molecule has 0 aliphatic carbocycles. The van der Waals surface area contributed by atoms with Crippen molar-refractivity contribution < 1.29 is 14.6 Å². The molecule has 2 aliphatic heterocycles. The molecule has 0 amide bonds. The number of hydrogen-bond donors (Lipinski definition) is 1. The molecule has 4 rings (SSSR count). The van der Waals surface area contributed by atoms with Gasteiger partial charge < -0.3 is 14.6 Å². The largest absolute Gasteiger partial charge is 0.504 e. The van der Waals surface area contributed by atoms with Crippen LogP contribution in [-0.4, -0.2) is 52.4 Å². The minimum atomic E-state index is 0.166. The number of aromatic hydroxyl groups is 1. The van der Waals surface area contributed by atoms with Crippen LogP contribution in [0.1, 0.15) is 29.8 Å². The fourth-order valence-corrected chi connectivity index (χ4v) is 3.73. The maximum atomic E-state index is 10.5. The van der Waals surface area contributed by atoms with Gasteiger partial charge in [0.25, 0.3) is 0 Å². The van der Waals surface area contributed by atoms with Crippen molar-refractivity contribution in [2.75, 3.05) is 26.3 Å². The maximum Gasteiger partial charge on any atom is 0.165 e. The summed E-state index contributed by atoms with van der Waals surface area (Å²) in [5.74, 6) is 0.751. The zero-order chi connectivity index (χ0) is 18.1. The lowest BCUT2D eigenvalue weighted by Crippen LogP contribution is -2.33. The standard InChI is InChI=1S/C20H25N3O3/c1-13-10-21-14(2)19(22-13)15-8-16-11-23(12-17-4-3-6-25-17)5-7-26-20(16)18(24)9-15/h8-10,17,24H,3-7,11-12H2,1-2H3/t17-/m0/s1. The molecule has 138 valence electrons. The summed E-state index contributed by atoms with van der Waals surface area (Å²) >= 11 is 0. The number of benzene rings is 1. The van der Waals surface area contributed by atoms with Crippen LogP contribution < -0.4 is 4.74 Å². The van der Waals surface area contributed by atoms with Gasteiger partial charge in [0.1, 0.15) is 6.61 Å². The van der Waals surface area contributed by atoms with Crippen molar-refractivity contribution in [1.29, 1.82) is 0 Å². The molecule has 1 N–H and O–H groups in total. The summed E-state index contributed by atoms with van der Waals surface area (Å²) in [6.45, 7) is 7.74. The van der Waals surface area contributed by atoms with Crippen molar-refractivity contribution in [1.82, 2.24) is 14.9 Å². The smallest absolute Gasteiger partial charge is 0.165 e. The maximum absolute atomic E-state index is 10.5. The second kappa shape index (κ2) is 7.21. The Morgan fingerprint density at radius 3 is 2.96 bits per heavy atom. The average molecular weight is 355 g/mol. The first-order chi connectivity index (χ1) is 12.6. The van der Waals surface area contributed by atoms with Crippen LogP contribution in [0.25, 0.3) is 11.3 Å². The summed E-state index contributed by atoms with van der Waals surface area (Å²) in [6.07, 6.45) is 4.32. The van der Waals surface area contributed by atoms with Gasteiger partial charge in [-0.25, -0.2) is 4.98 Å². The molecule has 26 heavy (non-hydrogen) atoms. The summed E-state index contributed by atoms with van der Waals surface area (Å²) in [5, 5.41) is 10.5. The number of phenolic OH excluding ortho intramolecular Hbond substituents is 1. The molecule has 1 saturated heterocycles. The number of aryl methyl sites for hydroxylation is 2. The third-order valence-electron chi connectivity index (χ3n) is 5.03. The fraction of sp³-hybridized carbons (Fsp3) is 0.500. The number of aromatic nitrogens is 2. The Morgan fingerprint density at radius 2 is 2.15 bits per heavy atom. The highest BCUT2D eigenvalue weighted by molar-refractivity contribution is 5.67. The second-order valence-electron chi connectivity index (χ2n) is 7.15. The topological polar surface area (TPSA) is 67.7 Å². The number of rotatable bonds is 3. The molecule has 0 unspecified atom stereocenters. The summed E-state index contributed by atoms with van der Waals surface area (Å²) < 4.78 is 11.6. The second-order valence-corrected chi connectivity index (χ2v) is 7.15. The van der Waals surface area contributed by atoms with E-state index in [9.17, 15) is 5.11 Å². The van der Waals surface area contributed by atoms with Gasteiger partial charge in [0.15, 0.2) is 11.5 Å². The number of ether oxygens (including phenoxy) is 2. The van der Waals surface area contributed by atoms with Crippen molar-refractivity contribution in [3.05, 3.63) is 35.3 Å². The van der Waals surface area contributed by atoms with Gasteiger partial charge in [-0.15, -0.1) is 0 Å². The highest BCUT2D eigenvalue weighted by Crippen LogP contribution is 2.37. The van der Waals surface area contributed by atoms with Crippen molar-refractivity contribution in [2.24, 2.45) is 0 Å². The molecule has 3 heterocycles. The summed E-state index contributed by atoms with van der Waals surface area (Å²) in [5.41, 5.74) is 4.37. The van der Waals surface area contributed by atoms with Crippen LogP contribution in [0.15, 0.2) is 18.3 Å². The Labute approximate surface area is 153 Å². The van der Waals surface area contributed by atoms with Gasteiger partial charge >= 0.3 is 0 Å². The molecule has 1 fully saturated rings. The van der Waals surface area contributed by atoms with Crippen LogP contribution >= 0.6 is 0 Å². The first-order valence-corrected chi connectivity index (χ1v) is 9.23. The molecule has 6 nitrogen and oxygen atoms in total. The Morgan fingerprint density at radius 1 is 1.27 bits per heavy atom. The van der Waals surface area contributed by atoms with Crippen LogP contribution in [0.5, 0.6) is 11.5 Å². The van der Waals surface area contributed by atoms with E-state index in [1.54, 1.807) is 12.3 Å². The third-order valence-corrected chi connectivity index (χ3v) is 5.03. The molecule has 1 aromatic carbocycles. The molecule has 6 heteroatoms. The highest BCUT2D eigenvalue weighted by atomic mass is 16.5. The number of phenols is 1. The first kappa shape index (κ1) is 17.2. The lowest BCUT2D eigenvalue weighted by atomic mass is 10.0. The Balaban J connectivity index is 1.65. The molecule has 1 aromatic heterocycles. The van der Waals surface area contributed by atoms with E-state index in [1.807, 2.05) is 13.8 Å². The summed E-state index contributed by atoms with van der Waals surface area (Å²) in [4.78, 5) is 11.4. The van der Waals surface area contributed by atoms with Crippen molar-refractivity contribution in [3.8, 4) is 22.8 Å². The van der Waals surface area contributed by atoms with E-state index < -0.39 is 0 Å². The van der Waals surface area contributed by atoms with E-state index in [0.29, 0.717) is 18.5 Å². The van der Waals surface area contributed by atoms with Crippen molar-refractivity contribution in [3.63, 3.8) is 0 Å². The van der Waals surface area contributed by atoms with Crippen LogP contribution in [0.4, 0.5) is 0 Å². The molecule has 0 radical (unpaired) electrons. The molecular weight excluding hydrogens is 330 g/mol. The van der Waals surface area contributed by atoms with Gasteiger partial charge in [-0.1, -0.05) is 0 Å². The van der Waals surface area contributed by atoms with Gasteiger partial charge in [-0.3, -0.25) is 9.88 Å². The quantitative estimate of drug-likeness (QED) is 0.913. The van der Waals surface area contributed by atoms with Gasteiger partial charge in [0.05, 0.1) is 23.2 Å². The number of nitrogens with zero attached hydrogens (tertiary/aromatic N) is 3. The molecular formula is C20H25N3O3. The predicted molar refractivity (Wildman–Crippen MR) is 98.4 cm³/mol. The van der Waals surface area contributed by atoms with Crippen molar-refractivity contribution >= 4 is 0 Å². The number of hydrogen-bond acceptors (Lipinski definition) is 6. The SMILES string of the molecule is Cc1cnc(C)c(-c2cc(O)c3c(c2)CN(C[C@@H]2CCCO2)CCO3)n1. The normalized spacial score (nSPS) is 20.5. The molecule has 0 bridgehead atoms. The molecule has 0 spiro atoms. The zero-order valence-electron chi connectivity index (χ0n) is 15.4. The van der Waals surface area contributed by atoms with Crippen LogP contribution in [-0.2, 0) is 11.3 Å². The van der Waals surface area contributed by atoms with E-state index in [1.165, 1.54) is 0 Å². The van der Waals surface area contributed by atoms with Crippen LogP contribution in [0.2, 0.25) is 0 Å². The average Bonchev–Trinajstić information content (AvgIpc) is 3.03. The third kappa shape index (κ3) is 3.52. The minimum Gasteiger partial charge on any atom is -0.504 e. The van der Waals surface area contributed by atoms with E-state index in [4.69, 9.17) is 9.47 Å². The van der Waals surface area contributed by atoms with E-state index in [-0.39, 0.29) is 5.75 Å². The summed E-state index contributed by atoms with van der Waals surface area (Å²) in [6, 6.07) is 3.80. The van der Waals surface area contributed by atoms with Crippen molar-refractivity contribution in [2.45, 2.75) is 39.3 Å². The van der Waals surface area contributed by atoms with Gasteiger partial charge in [-0.05, 0) is 38.8 Å². The molecule has 1 atom stereocenters. The van der Waals surface area contributed by atoms with Gasteiger partial charge in [0, 0.05) is 43.6 Å². The van der Waals surface area contributed by atoms with E-state index >= 15 is 0 Å². The van der Waals surface area contributed by atoms with E-state index in [2.05, 4.69) is 20.9 Å². The first-order valence-electron chi connectivity index (χ1n) is 9.23. The van der Waals surface area contributed by atoms with Gasteiger partial charge in [0.2, 0.25) is 0 Å². The lowest BCUT2D eigenvalue weighted by Gasteiger charge is -2.22. The Bertz CT molecular complexity index is 803. The van der Waals surface area contributed by atoms with Gasteiger partial charge in [-0.2, -0.15) is 0 Å². The summed E-state index contributed by atoms with van der Waals surface area (Å²) in [7, 11) is 0. The van der Waals surface area contributed by atoms with Crippen LogP contribution in [0, 0.1) is 13.8 Å².